The first-order chi connectivity index (χ1) is 13.9. The molecule has 144 valence electrons. The van der Waals surface area contributed by atoms with E-state index in [0.29, 0.717) is 5.56 Å². The highest BCUT2D eigenvalue weighted by Crippen LogP contribution is 2.28. The van der Waals surface area contributed by atoms with Gasteiger partial charge < -0.3 is 5.11 Å². The summed E-state index contributed by atoms with van der Waals surface area (Å²) < 4.78 is 0.287. The number of nitriles is 1. The average Bonchev–Trinajstić information content (AvgIpc) is 2.71. The monoisotopic (exact) mass is 502 g/mol. The molecule has 3 aromatic rings. The lowest BCUT2D eigenvalue weighted by Crippen LogP contribution is -2.16. The summed E-state index contributed by atoms with van der Waals surface area (Å²) in [4.78, 5) is 29.2. The Labute approximate surface area is 176 Å². The molecule has 3 N–H and O–H groups in total. The van der Waals surface area contributed by atoms with Crippen molar-refractivity contribution in [2.24, 2.45) is 5.10 Å². The zero-order valence-electron chi connectivity index (χ0n) is 14.5. The van der Waals surface area contributed by atoms with E-state index in [0.717, 1.165) is 12.3 Å². The lowest BCUT2D eigenvalue weighted by atomic mass is 10.1. The van der Waals surface area contributed by atoms with Gasteiger partial charge in [0, 0.05) is 23.3 Å². The first kappa shape index (κ1) is 20.0. The molecule has 0 radical (unpaired) electrons. The molecule has 2 aromatic carbocycles. The molecular formula is C18H11IN6O4. The van der Waals surface area contributed by atoms with Crippen LogP contribution in [-0.4, -0.2) is 26.2 Å². The number of nitrogens with one attached hydrogen (secondary N) is 2. The summed E-state index contributed by atoms with van der Waals surface area (Å²) in [5.41, 5.74) is 2.37. The second kappa shape index (κ2) is 8.48. The highest BCUT2D eigenvalue weighted by atomic mass is 127. The number of nitrogens with zero attached hydrogens (tertiary/aromatic N) is 4. The Morgan fingerprint density at radius 1 is 1.34 bits per heavy atom. The molecule has 0 fully saturated rings. The lowest BCUT2D eigenvalue weighted by Gasteiger charge is -2.06. The summed E-state index contributed by atoms with van der Waals surface area (Å²) >= 11 is 1.77. The normalized spacial score (nSPS) is 10.6. The number of H-pyrrole nitrogens is 1. The van der Waals surface area contributed by atoms with E-state index in [1.807, 2.05) is 6.07 Å². The number of anilines is 1. The number of nitro benzene ring substituents is 1. The van der Waals surface area contributed by atoms with E-state index in [2.05, 4.69) is 20.5 Å². The summed E-state index contributed by atoms with van der Waals surface area (Å²) in [7, 11) is 0. The van der Waals surface area contributed by atoms with Crippen molar-refractivity contribution in [3.05, 3.63) is 77.6 Å². The Kier molecular flexibility index (Phi) is 5.84. The summed E-state index contributed by atoms with van der Waals surface area (Å²) in [6.07, 6.45) is 1.16. The molecule has 0 bridgehead atoms. The Morgan fingerprint density at radius 2 is 2.07 bits per heavy atom. The van der Waals surface area contributed by atoms with Crippen LogP contribution >= 0.6 is 22.6 Å². The second-order valence-electron chi connectivity index (χ2n) is 5.61. The third-order valence-corrected chi connectivity index (χ3v) is 4.56. The average molecular weight is 502 g/mol. The molecule has 11 heteroatoms. The van der Waals surface area contributed by atoms with Gasteiger partial charge in [0.05, 0.1) is 20.4 Å². The van der Waals surface area contributed by atoms with E-state index >= 15 is 0 Å². The number of aromatic amines is 1. The minimum atomic E-state index is -0.646. The zero-order valence-corrected chi connectivity index (χ0v) is 16.6. The van der Waals surface area contributed by atoms with Gasteiger partial charge in [-0.25, -0.2) is 10.4 Å². The van der Waals surface area contributed by atoms with Gasteiger partial charge in [0.25, 0.3) is 11.2 Å². The van der Waals surface area contributed by atoms with Crippen molar-refractivity contribution in [3.63, 3.8) is 0 Å². The molecule has 0 spiro atoms. The Morgan fingerprint density at radius 3 is 2.72 bits per heavy atom. The molecule has 1 aromatic heterocycles. The number of rotatable bonds is 5. The number of halogens is 1. The summed E-state index contributed by atoms with van der Waals surface area (Å²) in [5.74, 6) is -0.211. The number of non-ortho nitro benzene ring substituents is 1. The molecule has 0 amide bonds. The maximum atomic E-state index is 12.2. The maximum absolute atomic E-state index is 12.2. The van der Waals surface area contributed by atoms with Gasteiger partial charge in [0.1, 0.15) is 17.4 Å². The molecule has 10 nitrogen and oxygen atoms in total. The molecule has 0 aliphatic carbocycles. The number of aromatic nitrogens is 2. The van der Waals surface area contributed by atoms with Crippen LogP contribution in [0, 0.1) is 25.0 Å². The quantitative estimate of drug-likeness (QED) is 0.210. The smallest absolute Gasteiger partial charge is 0.271 e. The summed E-state index contributed by atoms with van der Waals surface area (Å²) in [5, 5.41) is 34.1. The van der Waals surface area contributed by atoms with E-state index in [-0.39, 0.29) is 37.8 Å². The van der Waals surface area contributed by atoms with Gasteiger partial charge in [-0.3, -0.25) is 19.9 Å². The number of benzene rings is 2. The van der Waals surface area contributed by atoms with Crippen LogP contribution in [-0.2, 0) is 0 Å². The van der Waals surface area contributed by atoms with Crippen molar-refractivity contribution >= 4 is 40.4 Å². The molecule has 0 aliphatic rings. The van der Waals surface area contributed by atoms with Gasteiger partial charge in [0.2, 0.25) is 5.95 Å². The van der Waals surface area contributed by atoms with Crippen molar-refractivity contribution in [1.29, 1.82) is 5.26 Å². The Balaban J connectivity index is 1.94. The molecule has 0 aliphatic heterocycles. The van der Waals surface area contributed by atoms with Crippen LogP contribution < -0.4 is 11.0 Å². The zero-order chi connectivity index (χ0) is 21.0. The number of hydrazone groups is 1. The third kappa shape index (κ3) is 4.38. The van der Waals surface area contributed by atoms with E-state index in [1.165, 1.54) is 6.07 Å². The van der Waals surface area contributed by atoms with Crippen LogP contribution in [0.3, 0.4) is 0 Å². The van der Waals surface area contributed by atoms with Gasteiger partial charge in [-0.05, 0) is 22.6 Å². The Bertz CT molecular complexity index is 1220. The molecule has 1 heterocycles. The molecule has 0 saturated carbocycles. The van der Waals surface area contributed by atoms with E-state index in [4.69, 9.17) is 0 Å². The number of nitro groups is 1. The van der Waals surface area contributed by atoms with Crippen molar-refractivity contribution in [2.45, 2.75) is 0 Å². The van der Waals surface area contributed by atoms with E-state index in [9.17, 15) is 25.3 Å². The van der Waals surface area contributed by atoms with Crippen molar-refractivity contribution in [3.8, 4) is 23.1 Å². The lowest BCUT2D eigenvalue weighted by molar-refractivity contribution is -0.385. The summed E-state index contributed by atoms with van der Waals surface area (Å²) in [6.45, 7) is 0. The van der Waals surface area contributed by atoms with Crippen LogP contribution in [0.5, 0.6) is 5.75 Å². The molecule has 3 rings (SSSR count). The van der Waals surface area contributed by atoms with E-state index < -0.39 is 10.5 Å². The predicted molar refractivity (Wildman–Crippen MR) is 114 cm³/mol. The molecule has 0 saturated heterocycles. The van der Waals surface area contributed by atoms with Crippen LogP contribution in [0.25, 0.3) is 11.3 Å². The Hall–Kier alpha value is -3.79. The number of phenols is 1. The predicted octanol–water partition coefficient (Wildman–Crippen LogP) is 2.97. The van der Waals surface area contributed by atoms with Gasteiger partial charge in [-0.1, -0.05) is 30.3 Å². The first-order valence-electron chi connectivity index (χ1n) is 7.96. The fraction of sp³-hybridized carbons (Fsp3) is 0. The van der Waals surface area contributed by atoms with Crippen molar-refractivity contribution in [2.75, 3.05) is 5.43 Å². The van der Waals surface area contributed by atoms with Crippen LogP contribution in [0.1, 0.15) is 11.1 Å². The molecule has 0 unspecified atom stereocenters. The maximum Gasteiger partial charge on any atom is 0.271 e. The van der Waals surface area contributed by atoms with Gasteiger partial charge in [0.15, 0.2) is 0 Å². The topological polar surface area (TPSA) is 157 Å². The molecule has 29 heavy (non-hydrogen) atoms. The van der Waals surface area contributed by atoms with Gasteiger partial charge in [-0.15, -0.1) is 0 Å². The van der Waals surface area contributed by atoms with Crippen LogP contribution in [0.2, 0.25) is 0 Å². The van der Waals surface area contributed by atoms with Crippen LogP contribution in [0.4, 0.5) is 11.6 Å². The fourth-order valence-corrected chi connectivity index (χ4v) is 3.04. The third-order valence-electron chi connectivity index (χ3n) is 3.74. The number of aromatic hydroxyl groups is 1. The molecular weight excluding hydrogens is 491 g/mol. The minimum Gasteiger partial charge on any atom is -0.506 e. The van der Waals surface area contributed by atoms with Crippen molar-refractivity contribution < 1.29 is 10.0 Å². The number of hydrogen-bond donors (Lipinski definition) is 3. The number of hydrogen-bond acceptors (Lipinski definition) is 8. The van der Waals surface area contributed by atoms with Crippen LogP contribution in [0.15, 0.2) is 52.4 Å². The molecule has 0 atom stereocenters. The summed E-state index contributed by atoms with van der Waals surface area (Å²) in [6, 6.07) is 12.9. The van der Waals surface area contributed by atoms with Crippen molar-refractivity contribution in [1.82, 2.24) is 9.97 Å². The van der Waals surface area contributed by atoms with E-state index in [1.54, 1.807) is 52.9 Å². The van der Waals surface area contributed by atoms with Gasteiger partial charge >= 0.3 is 0 Å². The SMILES string of the molecule is N#Cc1c(-c2ccccc2)nc(NN=Cc2cc([N+](=O)[O-])cc(I)c2O)[nH]c1=O. The first-order valence-corrected chi connectivity index (χ1v) is 9.04. The largest absolute Gasteiger partial charge is 0.506 e. The highest BCUT2D eigenvalue weighted by molar-refractivity contribution is 14.1. The minimum absolute atomic E-state index is 0.0382. The number of phenolic OH excluding ortho intramolecular Hbond substituents is 1. The standard InChI is InChI=1S/C18H11IN6O4/c19-14-7-12(25(28)29)6-11(16(14)26)9-21-24-18-22-15(10-4-2-1-3-5-10)13(8-20)17(27)23-18/h1-7,9,26H,(H2,22,23,24,27). The highest BCUT2D eigenvalue weighted by Gasteiger charge is 2.14. The van der Waals surface area contributed by atoms with Gasteiger partial charge in [-0.2, -0.15) is 10.4 Å². The second-order valence-corrected chi connectivity index (χ2v) is 6.77. The fourth-order valence-electron chi connectivity index (χ4n) is 2.41.